The number of carbonyl (C=O) groups excluding carboxylic acids is 1. The molecule has 0 aliphatic heterocycles. The standard InChI is InChI=1S/C16H21NO4/c1-3-21-10-4-9-17-16(20)14-6-5-13(12(2)11-14)7-8-15(18)19/h5-8,11H,3-4,9-10H2,1-2H3,(H,17,20)(H,18,19)/b8-7+. The zero-order valence-electron chi connectivity index (χ0n) is 12.4. The molecule has 114 valence electrons. The van der Waals surface area contributed by atoms with Crippen LogP contribution in [0.15, 0.2) is 24.3 Å². The number of benzene rings is 1. The Hall–Kier alpha value is -2.14. The summed E-state index contributed by atoms with van der Waals surface area (Å²) >= 11 is 0. The topological polar surface area (TPSA) is 75.6 Å². The highest BCUT2D eigenvalue weighted by molar-refractivity contribution is 5.95. The lowest BCUT2D eigenvalue weighted by Crippen LogP contribution is -2.25. The minimum Gasteiger partial charge on any atom is -0.478 e. The lowest BCUT2D eigenvalue weighted by atomic mass is 10.0. The molecule has 0 heterocycles. The molecular formula is C16H21NO4. The lowest BCUT2D eigenvalue weighted by Gasteiger charge is -2.07. The van der Waals surface area contributed by atoms with Gasteiger partial charge in [-0.1, -0.05) is 6.07 Å². The van der Waals surface area contributed by atoms with Gasteiger partial charge in [-0.3, -0.25) is 4.79 Å². The number of carboxylic acids is 1. The number of aryl methyl sites for hydroxylation is 1. The van der Waals surface area contributed by atoms with Gasteiger partial charge >= 0.3 is 5.97 Å². The van der Waals surface area contributed by atoms with E-state index >= 15 is 0 Å². The molecule has 0 aliphatic carbocycles. The molecule has 21 heavy (non-hydrogen) atoms. The first kappa shape index (κ1) is 16.9. The summed E-state index contributed by atoms with van der Waals surface area (Å²) in [5.41, 5.74) is 2.20. The van der Waals surface area contributed by atoms with Crippen molar-refractivity contribution in [1.29, 1.82) is 0 Å². The molecular weight excluding hydrogens is 270 g/mol. The van der Waals surface area contributed by atoms with Gasteiger partial charge in [0.2, 0.25) is 0 Å². The van der Waals surface area contributed by atoms with Gasteiger partial charge in [-0.25, -0.2) is 4.79 Å². The molecule has 0 fully saturated rings. The van der Waals surface area contributed by atoms with Gasteiger partial charge in [0.15, 0.2) is 0 Å². The van der Waals surface area contributed by atoms with Crippen molar-refractivity contribution in [3.05, 3.63) is 41.0 Å². The fourth-order valence-electron chi connectivity index (χ4n) is 1.79. The Morgan fingerprint density at radius 1 is 1.38 bits per heavy atom. The van der Waals surface area contributed by atoms with E-state index in [4.69, 9.17) is 9.84 Å². The van der Waals surface area contributed by atoms with Gasteiger partial charge in [-0.15, -0.1) is 0 Å². The maximum absolute atomic E-state index is 11.9. The number of carboxylic acid groups (broad SMARTS) is 1. The van der Waals surface area contributed by atoms with Crippen LogP contribution in [0.25, 0.3) is 6.08 Å². The Labute approximate surface area is 124 Å². The molecule has 0 atom stereocenters. The van der Waals surface area contributed by atoms with Crippen LogP contribution in [0.2, 0.25) is 0 Å². The number of hydrogen-bond donors (Lipinski definition) is 2. The number of carbonyl (C=O) groups is 2. The van der Waals surface area contributed by atoms with Crippen LogP contribution < -0.4 is 5.32 Å². The zero-order valence-corrected chi connectivity index (χ0v) is 12.4. The van der Waals surface area contributed by atoms with Crippen LogP contribution in [-0.2, 0) is 9.53 Å². The first-order valence-electron chi connectivity index (χ1n) is 6.92. The summed E-state index contributed by atoms with van der Waals surface area (Å²) in [5, 5.41) is 11.4. The van der Waals surface area contributed by atoms with Gasteiger partial charge in [0.05, 0.1) is 0 Å². The van der Waals surface area contributed by atoms with E-state index < -0.39 is 5.97 Å². The second-order valence-corrected chi connectivity index (χ2v) is 4.55. The molecule has 0 aliphatic rings. The third-order valence-corrected chi connectivity index (χ3v) is 2.89. The highest BCUT2D eigenvalue weighted by Crippen LogP contribution is 2.13. The zero-order chi connectivity index (χ0) is 15.7. The van der Waals surface area contributed by atoms with Crippen molar-refractivity contribution < 1.29 is 19.4 Å². The number of aliphatic carboxylic acids is 1. The van der Waals surface area contributed by atoms with E-state index in [0.29, 0.717) is 25.3 Å². The van der Waals surface area contributed by atoms with Gasteiger partial charge in [-0.2, -0.15) is 0 Å². The van der Waals surface area contributed by atoms with Crippen LogP contribution in [0.3, 0.4) is 0 Å². The first-order chi connectivity index (χ1) is 10.0. The van der Waals surface area contributed by atoms with Crippen molar-refractivity contribution in [3.63, 3.8) is 0 Å². The molecule has 1 amide bonds. The largest absolute Gasteiger partial charge is 0.478 e. The van der Waals surface area contributed by atoms with Crippen LogP contribution in [0, 0.1) is 6.92 Å². The van der Waals surface area contributed by atoms with Crippen molar-refractivity contribution in [1.82, 2.24) is 5.32 Å². The second kappa shape index (κ2) is 8.92. The van der Waals surface area contributed by atoms with Crippen LogP contribution in [0.1, 0.15) is 34.8 Å². The normalized spacial score (nSPS) is 10.8. The molecule has 1 aromatic rings. The lowest BCUT2D eigenvalue weighted by molar-refractivity contribution is -0.131. The number of amides is 1. The number of hydrogen-bond acceptors (Lipinski definition) is 3. The summed E-state index contributed by atoms with van der Waals surface area (Å²) in [5.74, 6) is -1.13. The van der Waals surface area contributed by atoms with Crippen LogP contribution in [0.4, 0.5) is 0 Å². The molecule has 0 bridgehead atoms. The summed E-state index contributed by atoms with van der Waals surface area (Å²) < 4.78 is 5.20. The smallest absolute Gasteiger partial charge is 0.328 e. The SMILES string of the molecule is CCOCCCNC(=O)c1ccc(/C=C/C(=O)O)c(C)c1. The Bertz CT molecular complexity index is 523. The van der Waals surface area contributed by atoms with Gasteiger partial charge in [0, 0.05) is 31.4 Å². The Balaban J connectivity index is 2.57. The third-order valence-electron chi connectivity index (χ3n) is 2.89. The highest BCUT2D eigenvalue weighted by atomic mass is 16.5. The van der Waals surface area contributed by atoms with E-state index in [-0.39, 0.29) is 5.91 Å². The number of ether oxygens (including phenoxy) is 1. The van der Waals surface area contributed by atoms with Gasteiger partial charge < -0.3 is 15.2 Å². The van der Waals surface area contributed by atoms with Gasteiger partial charge in [-0.05, 0) is 49.6 Å². The molecule has 0 unspecified atom stereocenters. The molecule has 0 aromatic heterocycles. The molecule has 2 N–H and O–H groups in total. The predicted octanol–water partition coefficient (Wildman–Crippen LogP) is 2.25. The molecule has 0 radical (unpaired) electrons. The Morgan fingerprint density at radius 2 is 2.14 bits per heavy atom. The van der Waals surface area contributed by atoms with Crippen molar-refractivity contribution in [3.8, 4) is 0 Å². The molecule has 0 saturated heterocycles. The van der Waals surface area contributed by atoms with Crippen LogP contribution >= 0.6 is 0 Å². The summed E-state index contributed by atoms with van der Waals surface area (Å²) in [6.45, 7) is 5.65. The first-order valence-corrected chi connectivity index (χ1v) is 6.92. The van der Waals surface area contributed by atoms with Crippen molar-refractivity contribution in [2.45, 2.75) is 20.3 Å². The number of rotatable bonds is 8. The highest BCUT2D eigenvalue weighted by Gasteiger charge is 2.06. The summed E-state index contributed by atoms with van der Waals surface area (Å²) in [7, 11) is 0. The summed E-state index contributed by atoms with van der Waals surface area (Å²) in [6.07, 6.45) is 3.37. The predicted molar refractivity (Wildman–Crippen MR) is 81.3 cm³/mol. The average Bonchev–Trinajstić information content (AvgIpc) is 2.45. The maximum atomic E-state index is 11.9. The van der Waals surface area contributed by atoms with Crippen molar-refractivity contribution in [2.75, 3.05) is 19.8 Å². The van der Waals surface area contributed by atoms with Gasteiger partial charge in [0.1, 0.15) is 0 Å². The van der Waals surface area contributed by atoms with E-state index in [1.54, 1.807) is 18.2 Å². The average molecular weight is 291 g/mol. The van der Waals surface area contributed by atoms with Crippen molar-refractivity contribution in [2.24, 2.45) is 0 Å². The van der Waals surface area contributed by atoms with E-state index in [0.717, 1.165) is 23.6 Å². The fourth-order valence-corrected chi connectivity index (χ4v) is 1.79. The molecule has 5 nitrogen and oxygen atoms in total. The second-order valence-electron chi connectivity index (χ2n) is 4.55. The van der Waals surface area contributed by atoms with Gasteiger partial charge in [0.25, 0.3) is 5.91 Å². The third kappa shape index (κ3) is 6.23. The summed E-state index contributed by atoms with van der Waals surface area (Å²) in [6, 6.07) is 5.18. The minimum absolute atomic E-state index is 0.136. The minimum atomic E-state index is -0.995. The maximum Gasteiger partial charge on any atom is 0.328 e. The molecule has 1 rings (SSSR count). The molecule has 0 spiro atoms. The monoisotopic (exact) mass is 291 g/mol. The van der Waals surface area contributed by atoms with Crippen molar-refractivity contribution >= 4 is 18.0 Å². The molecule has 5 heteroatoms. The van der Waals surface area contributed by atoms with E-state index in [9.17, 15) is 9.59 Å². The Morgan fingerprint density at radius 3 is 2.76 bits per heavy atom. The van der Waals surface area contributed by atoms with E-state index in [1.807, 2.05) is 13.8 Å². The van der Waals surface area contributed by atoms with E-state index in [1.165, 1.54) is 6.08 Å². The molecule has 0 saturated carbocycles. The fraction of sp³-hybridized carbons (Fsp3) is 0.375. The quantitative estimate of drug-likeness (QED) is 0.569. The Kier molecular flexibility index (Phi) is 7.18. The molecule has 1 aromatic carbocycles. The van der Waals surface area contributed by atoms with Crippen LogP contribution in [-0.4, -0.2) is 36.7 Å². The van der Waals surface area contributed by atoms with E-state index in [2.05, 4.69) is 5.32 Å². The van der Waals surface area contributed by atoms with Crippen LogP contribution in [0.5, 0.6) is 0 Å². The summed E-state index contributed by atoms with van der Waals surface area (Å²) in [4.78, 5) is 22.4. The number of nitrogens with one attached hydrogen (secondary N) is 1.